The number of fused-ring (bicyclic) bond motifs is 2. The molecule has 5 rings (SSSR count). The predicted octanol–water partition coefficient (Wildman–Crippen LogP) is 3.53. The standard InChI is InChI=1S/C25H32F2N6OS/c1-13-3-6-17-21(29)22(35-24(17)30-13)23(34)31-16-5-7-19-14(9-16)4-8-20(32-19)33-11-15(18(28)12-33)10-25(2,26)27/h3-4,6,8,15-16,18,23,31,34H,5,7,9-12,28-29H2,1-2H3/t15-,16-,18+,23?/m0/s1. The van der Waals surface area contributed by atoms with E-state index in [9.17, 15) is 13.9 Å². The molecule has 0 spiro atoms. The minimum absolute atomic E-state index is 0.0841. The molecule has 1 fully saturated rings. The van der Waals surface area contributed by atoms with Gasteiger partial charge in [0.2, 0.25) is 5.92 Å². The molecular weight excluding hydrogens is 470 g/mol. The average Bonchev–Trinajstić information content (AvgIpc) is 3.31. The lowest BCUT2D eigenvalue weighted by Gasteiger charge is -2.28. The number of aliphatic hydroxyl groups is 1. The van der Waals surface area contributed by atoms with Crippen LogP contribution >= 0.6 is 11.3 Å². The zero-order chi connectivity index (χ0) is 24.9. The number of hydrogen-bond donors (Lipinski definition) is 4. The summed E-state index contributed by atoms with van der Waals surface area (Å²) in [5.74, 6) is -2.17. The molecule has 0 aromatic carbocycles. The number of anilines is 2. The predicted molar refractivity (Wildman–Crippen MR) is 136 cm³/mol. The number of hydrogen-bond acceptors (Lipinski definition) is 8. The van der Waals surface area contributed by atoms with Gasteiger partial charge in [-0.3, -0.25) is 5.32 Å². The number of halogens is 2. The summed E-state index contributed by atoms with van der Waals surface area (Å²) in [6.45, 7) is 3.92. The molecule has 0 amide bonds. The van der Waals surface area contributed by atoms with Gasteiger partial charge in [-0.05, 0) is 62.8 Å². The van der Waals surface area contributed by atoms with Crippen LogP contribution in [0.25, 0.3) is 10.2 Å². The van der Waals surface area contributed by atoms with Crippen LogP contribution in [0.15, 0.2) is 24.3 Å². The van der Waals surface area contributed by atoms with Gasteiger partial charge in [0.1, 0.15) is 16.9 Å². The van der Waals surface area contributed by atoms with Crippen LogP contribution in [0.2, 0.25) is 0 Å². The summed E-state index contributed by atoms with van der Waals surface area (Å²) in [6, 6.07) is 7.68. The molecule has 1 saturated heterocycles. The molecule has 1 aliphatic heterocycles. The third-order valence-corrected chi connectivity index (χ3v) is 8.26. The molecule has 6 N–H and O–H groups in total. The van der Waals surface area contributed by atoms with Crippen molar-refractivity contribution in [2.45, 2.75) is 63.8 Å². The minimum Gasteiger partial charge on any atom is -0.397 e. The zero-order valence-corrected chi connectivity index (χ0v) is 20.8. The number of pyridine rings is 2. The van der Waals surface area contributed by atoms with Crippen LogP contribution in [0.1, 0.15) is 47.8 Å². The minimum atomic E-state index is -2.72. The van der Waals surface area contributed by atoms with Crippen LogP contribution in [0.5, 0.6) is 0 Å². The third kappa shape index (κ3) is 5.11. The summed E-state index contributed by atoms with van der Waals surface area (Å²) in [7, 11) is 0. The van der Waals surface area contributed by atoms with E-state index in [4.69, 9.17) is 16.5 Å². The maximum atomic E-state index is 13.5. The third-order valence-electron chi connectivity index (χ3n) is 7.09. The fourth-order valence-corrected chi connectivity index (χ4v) is 6.37. The lowest BCUT2D eigenvalue weighted by atomic mass is 9.91. The highest BCUT2D eigenvalue weighted by atomic mass is 32.1. The van der Waals surface area contributed by atoms with E-state index < -0.39 is 12.2 Å². The number of thiophene rings is 1. The van der Waals surface area contributed by atoms with Crippen molar-refractivity contribution >= 4 is 33.1 Å². The molecule has 2 aliphatic rings. The Hall–Kier alpha value is -2.40. The Morgan fingerprint density at radius 3 is 2.83 bits per heavy atom. The normalized spacial score (nSPS) is 23.6. The summed E-state index contributed by atoms with van der Waals surface area (Å²) >= 11 is 1.42. The molecule has 3 aromatic heterocycles. The molecule has 1 unspecified atom stereocenters. The molecule has 7 nitrogen and oxygen atoms in total. The van der Waals surface area contributed by atoms with Crippen molar-refractivity contribution < 1.29 is 13.9 Å². The van der Waals surface area contributed by atoms with E-state index in [-0.39, 0.29) is 24.4 Å². The van der Waals surface area contributed by atoms with Gasteiger partial charge in [0, 0.05) is 48.4 Å². The Labute approximate surface area is 207 Å². The van der Waals surface area contributed by atoms with E-state index in [0.29, 0.717) is 23.7 Å². The Bertz CT molecular complexity index is 1230. The summed E-state index contributed by atoms with van der Waals surface area (Å²) in [4.78, 5) is 12.9. The van der Waals surface area contributed by atoms with Gasteiger partial charge in [0.25, 0.3) is 0 Å². The van der Waals surface area contributed by atoms with Gasteiger partial charge < -0.3 is 21.5 Å². The van der Waals surface area contributed by atoms with Gasteiger partial charge in [-0.25, -0.2) is 18.7 Å². The first kappa shape index (κ1) is 24.3. The molecule has 0 radical (unpaired) electrons. The molecule has 1 aliphatic carbocycles. The summed E-state index contributed by atoms with van der Waals surface area (Å²) in [6.07, 6.45) is 1.27. The Morgan fingerprint density at radius 2 is 2.06 bits per heavy atom. The molecule has 3 aromatic rings. The Kier molecular flexibility index (Phi) is 6.41. The van der Waals surface area contributed by atoms with Crippen LogP contribution < -0.4 is 21.7 Å². The Balaban J connectivity index is 1.24. The van der Waals surface area contributed by atoms with Gasteiger partial charge in [-0.15, -0.1) is 11.3 Å². The van der Waals surface area contributed by atoms with Crippen molar-refractivity contribution in [2.24, 2.45) is 11.7 Å². The van der Waals surface area contributed by atoms with E-state index >= 15 is 0 Å². The van der Waals surface area contributed by atoms with E-state index in [1.165, 1.54) is 11.3 Å². The topological polar surface area (TPSA) is 113 Å². The van der Waals surface area contributed by atoms with E-state index in [0.717, 1.165) is 59.2 Å². The van der Waals surface area contributed by atoms with Gasteiger partial charge in [-0.2, -0.15) is 0 Å². The lowest BCUT2D eigenvalue weighted by Crippen LogP contribution is -2.37. The van der Waals surface area contributed by atoms with Crippen molar-refractivity contribution in [1.82, 2.24) is 15.3 Å². The van der Waals surface area contributed by atoms with Gasteiger partial charge in [-0.1, -0.05) is 6.07 Å². The lowest BCUT2D eigenvalue weighted by molar-refractivity contribution is -0.00267. The molecule has 188 valence electrons. The molecule has 4 atom stereocenters. The maximum absolute atomic E-state index is 13.5. The first-order valence-electron chi connectivity index (χ1n) is 12.0. The molecule has 10 heteroatoms. The fraction of sp³-hybridized carbons (Fsp3) is 0.520. The number of aromatic nitrogens is 2. The highest BCUT2D eigenvalue weighted by Crippen LogP contribution is 2.37. The van der Waals surface area contributed by atoms with Gasteiger partial charge in [0.05, 0.1) is 10.6 Å². The van der Waals surface area contributed by atoms with Crippen LogP contribution in [-0.4, -0.2) is 46.2 Å². The number of nitrogen functional groups attached to an aromatic ring is 1. The number of nitrogens with two attached hydrogens (primary N) is 2. The second kappa shape index (κ2) is 9.24. The van der Waals surface area contributed by atoms with Gasteiger partial charge >= 0.3 is 0 Å². The maximum Gasteiger partial charge on any atom is 0.245 e. The van der Waals surface area contributed by atoms with Gasteiger partial charge in [0.15, 0.2) is 0 Å². The van der Waals surface area contributed by atoms with Crippen LogP contribution in [0.4, 0.5) is 20.3 Å². The summed E-state index contributed by atoms with van der Waals surface area (Å²) < 4.78 is 27.0. The number of nitrogens with zero attached hydrogens (tertiary/aromatic N) is 3. The highest BCUT2D eigenvalue weighted by molar-refractivity contribution is 7.19. The smallest absolute Gasteiger partial charge is 0.245 e. The van der Waals surface area contributed by atoms with Crippen molar-refractivity contribution in [2.75, 3.05) is 23.7 Å². The molecular formula is C25H32F2N6OS. The molecule has 4 heterocycles. The van der Waals surface area contributed by atoms with Crippen molar-refractivity contribution in [1.29, 1.82) is 0 Å². The second-order valence-electron chi connectivity index (χ2n) is 10.1. The first-order valence-corrected chi connectivity index (χ1v) is 12.9. The monoisotopic (exact) mass is 502 g/mol. The molecule has 0 bridgehead atoms. The number of rotatable bonds is 6. The average molecular weight is 503 g/mol. The van der Waals surface area contributed by atoms with E-state index in [2.05, 4.69) is 16.4 Å². The van der Waals surface area contributed by atoms with E-state index in [1.54, 1.807) is 0 Å². The van der Waals surface area contributed by atoms with E-state index in [1.807, 2.05) is 30.0 Å². The summed E-state index contributed by atoms with van der Waals surface area (Å²) in [5, 5.41) is 15.1. The molecule has 35 heavy (non-hydrogen) atoms. The number of aryl methyl sites for hydroxylation is 2. The van der Waals surface area contributed by atoms with Crippen LogP contribution in [0, 0.1) is 12.8 Å². The van der Waals surface area contributed by atoms with Crippen molar-refractivity contribution in [3.63, 3.8) is 0 Å². The quantitative estimate of drug-likeness (QED) is 0.382. The number of nitrogens with one attached hydrogen (secondary N) is 1. The number of alkyl halides is 2. The first-order chi connectivity index (χ1) is 16.6. The summed E-state index contributed by atoms with van der Waals surface area (Å²) in [5.41, 5.74) is 16.1. The van der Waals surface area contributed by atoms with Crippen molar-refractivity contribution in [3.05, 3.63) is 46.1 Å². The van der Waals surface area contributed by atoms with Crippen LogP contribution in [0.3, 0.4) is 0 Å². The largest absolute Gasteiger partial charge is 0.397 e. The Morgan fingerprint density at radius 1 is 1.26 bits per heavy atom. The van der Waals surface area contributed by atoms with Crippen molar-refractivity contribution in [3.8, 4) is 0 Å². The highest BCUT2D eigenvalue weighted by Gasteiger charge is 2.37. The molecule has 0 saturated carbocycles. The van der Waals surface area contributed by atoms with Crippen LogP contribution in [-0.2, 0) is 12.8 Å². The zero-order valence-electron chi connectivity index (χ0n) is 20.0. The second-order valence-corrected chi connectivity index (χ2v) is 11.1. The fourth-order valence-electron chi connectivity index (χ4n) is 5.29. The number of aliphatic hydroxyl groups excluding tert-OH is 1. The SMILES string of the molecule is Cc1ccc2c(N)c(C(O)N[C@H]3CCc4nc(N5C[C@H](CC(C)(F)F)[C@H](N)C5)ccc4C3)sc2n1.